The Labute approximate surface area is 83.6 Å². The third kappa shape index (κ3) is 3.43. The molecule has 0 radical (unpaired) electrons. The Bertz CT molecular complexity index is 260. The highest BCUT2D eigenvalue weighted by molar-refractivity contribution is 4.90. The highest BCUT2D eigenvalue weighted by atomic mass is 16.5. The first-order valence-electron chi connectivity index (χ1n) is 4.89. The first kappa shape index (κ1) is 11.1. The summed E-state index contributed by atoms with van der Waals surface area (Å²) in [7, 11) is 0. The largest absolute Gasteiger partial charge is 0.381 e. The summed E-state index contributed by atoms with van der Waals surface area (Å²) in [5.74, 6) is 1.14. The number of nitrogens with zero attached hydrogens (tertiary/aromatic N) is 2. The van der Waals surface area contributed by atoms with E-state index in [2.05, 4.69) is 17.1 Å². The lowest BCUT2D eigenvalue weighted by atomic mass is 10.3. The van der Waals surface area contributed by atoms with Gasteiger partial charge in [-0.25, -0.2) is 0 Å². The third-order valence-corrected chi connectivity index (χ3v) is 1.70. The van der Waals surface area contributed by atoms with Crippen molar-refractivity contribution in [2.45, 2.75) is 32.7 Å². The second-order valence-electron chi connectivity index (χ2n) is 3.20. The summed E-state index contributed by atoms with van der Waals surface area (Å²) >= 11 is 0. The van der Waals surface area contributed by atoms with Crippen LogP contribution in [0.1, 0.15) is 38.0 Å². The molecule has 1 atom stereocenters. The highest BCUT2D eigenvalue weighted by Crippen LogP contribution is 2.05. The van der Waals surface area contributed by atoms with Crippen molar-refractivity contribution in [1.29, 1.82) is 0 Å². The van der Waals surface area contributed by atoms with Gasteiger partial charge in [0, 0.05) is 6.61 Å². The van der Waals surface area contributed by atoms with E-state index in [-0.39, 0.29) is 6.04 Å². The van der Waals surface area contributed by atoms with Crippen LogP contribution in [0, 0.1) is 0 Å². The minimum absolute atomic E-state index is 0.177. The number of aromatic nitrogens is 2. The Kier molecular flexibility index (Phi) is 4.55. The van der Waals surface area contributed by atoms with Gasteiger partial charge >= 0.3 is 0 Å². The molecule has 14 heavy (non-hydrogen) atoms. The van der Waals surface area contributed by atoms with Gasteiger partial charge in [-0.2, -0.15) is 4.98 Å². The van der Waals surface area contributed by atoms with E-state index in [1.165, 1.54) is 0 Å². The highest BCUT2D eigenvalue weighted by Gasteiger charge is 2.09. The summed E-state index contributed by atoms with van der Waals surface area (Å²) < 4.78 is 10.3. The van der Waals surface area contributed by atoms with Gasteiger partial charge in [0.2, 0.25) is 5.89 Å². The molecule has 0 bridgehead atoms. The molecule has 0 aromatic carbocycles. The zero-order valence-electron chi connectivity index (χ0n) is 8.69. The van der Waals surface area contributed by atoms with Crippen LogP contribution in [0.2, 0.25) is 0 Å². The maximum Gasteiger partial charge on any atom is 0.229 e. The fourth-order valence-electron chi connectivity index (χ4n) is 0.960. The number of hydrogen-bond donors (Lipinski definition) is 1. The van der Waals surface area contributed by atoms with Crippen molar-refractivity contribution in [3.05, 3.63) is 11.7 Å². The Morgan fingerprint density at radius 2 is 2.29 bits per heavy atom. The van der Waals surface area contributed by atoms with E-state index in [9.17, 15) is 0 Å². The molecule has 1 aromatic heterocycles. The number of rotatable bonds is 6. The van der Waals surface area contributed by atoms with E-state index in [0.717, 1.165) is 13.0 Å². The Morgan fingerprint density at radius 1 is 1.50 bits per heavy atom. The molecule has 5 nitrogen and oxygen atoms in total. The predicted octanol–water partition coefficient (Wildman–Crippen LogP) is 1.06. The van der Waals surface area contributed by atoms with Gasteiger partial charge in [-0.3, -0.25) is 0 Å². The Morgan fingerprint density at radius 3 is 2.86 bits per heavy atom. The van der Waals surface area contributed by atoms with Crippen molar-refractivity contribution in [2.75, 3.05) is 13.2 Å². The maximum absolute atomic E-state index is 5.59. The second-order valence-corrected chi connectivity index (χ2v) is 3.20. The number of hydrogen-bond acceptors (Lipinski definition) is 5. The Balaban J connectivity index is 2.29. The van der Waals surface area contributed by atoms with Gasteiger partial charge in [-0.15, -0.1) is 0 Å². The molecule has 80 valence electrons. The molecule has 0 saturated carbocycles. The summed E-state index contributed by atoms with van der Waals surface area (Å²) in [6.45, 7) is 5.28. The van der Waals surface area contributed by atoms with Crippen molar-refractivity contribution >= 4 is 0 Å². The van der Waals surface area contributed by atoms with Crippen molar-refractivity contribution < 1.29 is 9.26 Å². The molecule has 0 amide bonds. The van der Waals surface area contributed by atoms with Crippen LogP contribution in [0.4, 0.5) is 0 Å². The second kappa shape index (κ2) is 5.72. The molecule has 2 N–H and O–H groups in total. The predicted molar refractivity (Wildman–Crippen MR) is 51.7 cm³/mol. The number of ether oxygens (including phenoxy) is 1. The Hall–Kier alpha value is -0.940. The maximum atomic E-state index is 5.59. The normalized spacial score (nSPS) is 13.1. The minimum Gasteiger partial charge on any atom is -0.381 e. The molecular weight excluding hydrogens is 182 g/mol. The first-order valence-corrected chi connectivity index (χ1v) is 4.89. The lowest BCUT2D eigenvalue weighted by Gasteiger charge is -1.97. The molecule has 0 saturated heterocycles. The summed E-state index contributed by atoms with van der Waals surface area (Å²) in [5.41, 5.74) is 5.59. The van der Waals surface area contributed by atoms with Gasteiger partial charge in [0.15, 0.2) is 5.82 Å². The van der Waals surface area contributed by atoms with E-state index >= 15 is 0 Å². The van der Waals surface area contributed by atoms with Crippen LogP contribution >= 0.6 is 0 Å². The zero-order chi connectivity index (χ0) is 10.4. The first-order chi connectivity index (χ1) is 6.74. The SMILES string of the molecule is CCCOCCc1nc(C(C)N)no1. The van der Waals surface area contributed by atoms with Crippen molar-refractivity contribution in [3.8, 4) is 0 Å². The standard InChI is InChI=1S/C9H17N3O2/c1-3-5-13-6-4-8-11-9(7(2)10)12-14-8/h7H,3-6,10H2,1-2H3. The molecule has 1 aromatic rings. The molecule has 1 rings (SSSR count). The van der Waals surface area contributed by atoms with Gasteiger partial charge in [0.25, 0.3) is 0 Å². The topological polar surface area (TPSA) is 74.2 Å². The summed E-state index contributed by atoms with van der Waals surface area (Å²) in [6, 6.07) is -0.177. The van der Waals surface area contributed by atoms with Crippen molar-refractivity contribution in [1.82, 2.24) is 10.1 Å². The van der Waals surface area contributed by atoms with Crippen LogP contribution in [-0.2, 0) is 11.2 Å². The van der Waals surface area contributed by atoms with Gasteiger partial charge in [-0.05, 0) is 13.3 Å². The smallest absolute Gasteiger partial charge is 0.229 e. The van der Waals surface area contributed by atoms with E-state index in [4.69, 9.17) is 15.0 Å². The van der Waals surface area contributed by atoms with E-state index in [0.29, 0.717) is 24.7 Å². The lowest BCUT2D eigenvalue weighted by molar-refractivity contribution is 0.132. The molecule has 5 heteroatoms. The van der Waals surface area contributed by atoms with E-state index < -0.39 is 0 Å². The molecule has 1 heterocycles. The minimum atomic E-state index is -0.177. The molecule has 0 aliphatic rings. The summed E-state index contributed by atoms with van der Waals surface area (Å²) in [5, 5.41) is 3.75. The quantitative estimate of drug-likeness (QED) is 0.693. The van der Waals surface area contributed by atoms with Crippen LogP contribution in [-0.4, -0.2) is 23.4 Å². The van der Waals surface area contributed by atoms with Gasteiger partial charge in [-0.1, -0.05) is 12.1 Å². The average molecular weight is 199 g/mol. The molecule has 0 aliphatic heterocycles. The average Bonchev–Trinajstić information content (AvgIpc) is 2.61. The lowest BCUT2D eigenvalue weighted by Crippen LogP contribution is -2.07. The van der Waals surface area contributed by atoms with Crippen LogP contribution in [0.3, 0.4) is 0 Å². The van der Waals surface area contributed by atoms with Crippen molar-refractivity contribution in [2.24, 2.45) is 5.73 Å². The van der Waals surface area contributed by atoms with Crippen LogP contribution in [0.5, 0.6) is 0 Å². The monoisotopic (exact) mass is 199 g/mol. The van der Waals surface area contributed by atoms with Crippen LogP contribution in [0.25, 0.3) is 0 Å². The summed E-state index contributed by atoms with van der Waals surface area (Å²) in [4.78, 5) is 4.12. The molecular formula is C9H17N3O2. The number of nitrogens with two attached hydrogens (primary N) is 1. The fourth-order valence-corrected chi connectivity index (χ4v) is 0.960. The van der Waals surface area contributed by atoms with Crippen LogP contribution < -0.4 is 5.73 Å². The molecule has 0 fully saturated rings. The van der Waals surface area contributed by atoms with E-state index in [1.54, 1.807) is 0 Å². The third-order valence-electron chi connectivity index (χ3n) is 1.70. The van der Waals surface area contributed by atoms with Crippen LogP contribution in [0.15, 0.2) is 4.52 Å². The fraction of sp³-hybridized carbons (Fsp3) is 0.778. The van der Waals surface area contributed by atoms with Crippen molar-refractivity contribution in [3.63, 3.8) is 0 Å². The zero-order valence-corrected chi connectivity index (χ0v) is 8.69. The molecule has 1 unspecified atom stereocenters. The molecule has 0 spiro atoms. The van der Waals surface area contributed by atoms with Gasteiger partial charge < -0.3 is 15.0 Å². The van der Waals surface area contributed by atoms with Gasteiger partial charge in [0.05, 0.1) is 19.1 Å². The molecule has 0 aliphatic carbocycles. The van der Waals surface area contributed by atoms with E-state index in [1.807, 2.05) is 6.92 Å². The van der Waals surface area contributed by atoms with Gasteiger partial charge in [0.1, 0.15) is 0 Å². The summed E-state index contributed by atoms with van der Waals surface area (Å²) in [6.07, 6.45) is 1.68.